The Labute approximate surface area is 214 Å². The Morgan fingerprint density at radius 1 is 1.03 bits per heavy atom. The Balaban J connectivity index is 1.43. The van der Waals surface area contributed by atoms with E-state index in [1.165, 1.54) is 11.0 Å². The van der Waals surface area contributed by atoms with Crippen molar-refractivity contribution >= 4 is 38.7 Å². The highest BCUT2D eigenvalue weighted by atomic mass is 32.2. The summed E-state index contributed by atoms with van der Waals surface area (Å²) in [5.74, 6) is -0.190. The van der Waals surface area contributed by atoms with Crippen LogP contribution in [0.4, 0.5) is 10.5 Å². The molecule has 0 saturated heterocycles. The number of benzene rings is 3. The van der Waals surface area contributed by atoms with Crippen molar-refractivity contribution in [1.82, 2.24) is 15.0 Å². The van der Waals surface area contributed by atoms with Crippen LogP contribution in [0.25, 0.3) is 11.1 Å². The van der Waals surface area contributed by atoms with Gasteiger partial charge in [0.15, 0.2) is 11.5 Å². The molecule has 190 valence electrons. The summed E-state index contributed by atoms with van der Waals surface area (Å²) in [6, 6.07) is 20.0. The zero-order valence-corrected chi connectivity index (χ0v) is 21.4. The summed E-state index contributed by atoms with van der Waals surface area (Å²) in [6.45, 7) is 3.39. The number of aromatic nitrogens is 1. The fourth-order valence-corrected chi connectivity index (χ4v) is 5.85. The predicted octanol–water partition coefficient (Wildman–Crippen LogP) is 4.02. The lowest BCUT2D eigenvalue weighted by atomic mass is 10.0. The van der Waals surface area contributed by atoms with E-state index < -0.39 is 21.6 Å². The molecule has 3 amide bonds. The third kappa shape index (κ3) is 4.55. The predicted molar refractivity (Wildman–Crippen MR) is 139 cm³/mol. The number of likely N-dealkylation sites (N-methyl/N-ethyl adjacent to an activating group) is 1. The van der Waals surface area contributed by atoms with Gasteiger partial charge < -0.3 is 14.6 Å². The Morgan fingerprint density at radius 2 is 1.73 bits per heavy atom. The van der Waals surface area contributed by atoms with Gasteiger partial charge in [-0.25, -0.2) is 22.9 Å². The SMILES string of the molecule is Cc1nc2ccc(N(C)C(=O)[C@]3(NC(=O)NS(=O)(=O)c4ccccc4C)CC3c3ccccc3)cc2o1. The van der Waals surface area contributed by atoms with Crippen molar-refractivity contribution in [3.05, 3.63) is 89.8 Å². The largest absolute Gasteiger partial charge is 0.441 e. The molecule has 1 heterocycles. The number of carbonyl (C=O) groups excluding carboxylic acids is 2. The number of oxazole rings is 1. The molecule has 2 N–H and O–H groups in total. The first kappa shape index (κ1) is 24.5. The van der Waals surface area contributed by atoms with Gasteiger partial charge in [-0.2, -0.15) is 0 Å². The molecule has 3 aromatic carbocycles. The third-order valence-corrected chi connectivity index (χ3v) is 8.15. The molecule has 1 fully saturated rings. The number of amides is 3. The second kappa shape index (κ2) is 9.04. The van der Waals surface area contributed by atoms with Crippen LogP contribution in [-0.2, 0) is 14.8 Å². The van der Waals surface area contributed by atoms with Gasteiger partial charge in [-0.15, -0.1) is 0 Å². The zero-order valence-electron chi connectivity index (χ0n) is 20.6. The van der Waals surface area contributed by atoms with Crippen LogP contribution in [0.2, 0.25) is 0 Å². The van der Waals surface area contributed by atoms with Crippen LogP contribution in [0.1, 0.15) is 29.4 Å². The molecule has 1 saturated carbocycles. The van der Waals surface area contributed by atoms with Crippen molar-refractivity contribution in [3.8, 4) is 0 Å². The molecule has 0 spiro atoms. The minimum absolute atomic E-state index is 0.00583. The monoisotopic (exact) mass is 518 g/mol. The lowest BCUT2D eigenvalue weighted by molar-refractivity contribution is -0.121. The lowest BCUT2D eigenvalue weighted by Crippen LogP contribution is -2.54. The molecule has 4 aromatic rings. The minimum Gasteiger partial charge on any atom is -0.441 e. The van der Waals surface area contributed by atoms with Crippen LogP contribution < -0.4 is 14.9 Å². The maximum absolute atomic E-state index is 13.9. The van der Waals surface area contributed by atoms with E-state index in [2.05, 4.69) is 15.0 Å². The molecule has 1 aliphatic rings. The number of nitrogens with one attached hydrogen (secondary N) is 2. The van der Waals surface area contributed by atoms with Crippen molar-refractivity contribution in [1.29, 1.82) is 0 Å². The molecular weight excluding hydrogens is 492 g/mol. The van der Waals surface area contributed by atoms with Crippen molar-refractivity contribution in [3.63, 3.8) is 0 Å². The van der Waals surface area contributed by atoms with Gasteiger partial charge >= 0.3 is 6.03 Å². The molecule has 0 radical (unpaired) electrons. The van der Waals surface area contributed by atoms with E-state index >= 15 is 0 Å². The molecule has 37 heavy (non-hydrogen) atoms. The van der Waals surface area contributed by atoms with E-state index in [1.54, 1.807) is 57.3 Å². The molecule has 1 aliphatic carbocycles. The highest BCUT2D eigenvalue weighted by Crippen LogP contribution is 2.52. The van der Waals surface area contributed by atoms with Crippen molar-refractivity contribution in [2.24, 2.45) is 0 Å². The topological polar surface area (TPSA) is 122 Å². The third-order valence-electron chi connectivity index (χ3n) is 6.66. The Hall–Kier alpha value is -4.18. The molecular formula is C27H26N4O5S. The number of aryl methyl sites for hydroxylation is 2. The highest BCUT2D eigenvalue weighted by Gasteiger charge is 2.63. The van der Waals surface area contributed by atoms with Crippen LogP contribution in [-0.4, -0.2) is 37.9 Å². The fraction of sp³-hybridized carbons (Fsp3) is 0.222. The van der Waals surface area contributed by atoms with Gasteiger partial charge in [-0.1, -0.05) is 48.5 Å². The Bertz CT molecular complexity index is 1620. The summed E-state index contributed by atoms with van der Waals surface area (Å²) >= 11 is 0. The number of carbonyl (C=O) groups is 2. The standard InChI is InChI=1S/C27H26N4O5S/c1-17-9-7-8-12-24(17)37(34,35)30-26(33)29-27(16-21(27)19-10-5-4-6-11-19)25(32)31(3)20-13-14-22-23(15-20)36-18(2)28-22/h4-15,21H,16H2,1-3H3,(H2,29,30,33)/t21?,27-/m0/s1. The van der Waals surface area contributed by atoms with Crippen LogP contribution >= 0.6 is 0 Å². The number of rotatable bonds is 6. The van der Waals surface area contributed by atoms with E-state index in [0.717, 1.165) is 5.56 Å². The normalized spacial score (nSPS) is 18.8. The number of hydrogen-bond donors (Lipinski definition) is 2. The molecule has 0 aliphatic heterocycles. The first-order valence-electron chi connectivity index (χ1n) is 11.7. The Kier molecular flexibility index (Phi) is 5.99. The zero-order chi connectivity index (χ0) is 26.4. The Morgan fingerprint density at radius 3 is 2.46 bits per heavy atom. The van der Waals surface area contributed by atoms with Crippen LogP contribution in [0.3, 0.4) is 0 Å². The molecule has 1 unspecified atom stereocenters. The summed E-state index contributed by atoms with van der Waals surface area (Å²) < 4.78 is 33.5. The van der Waals surface area contributed by atoms with E-state index in [0.29, 0.717) is 34.7 Å². The number of anilines is 1. The van der Waals surface area contributed by atoms with Gasteiger partial charge in [0.2, 0.25) is 0 Å². The number of urea groups is 1. The number of hydrogen-bond acceptors (Lipinski definition) is 6. The second-order valence-corrected chi connectivity index (χ2v) is 10.9. The average molecular weight is 519 g/mol. The van der Waals surface area contributed by atoms with Gasteiger partial charge in [-0.05, 0) is 42.7 Å². The number of sulfonamides is 1. The average Bonchev–Trinajstić information content (AvgIpc) is 3.46. The summed E-state index contributed by atoms with van der Waals surface area (Å²) in [7, 11) is -2.53. The smallest absolute Gasteiger partial charge is 0.329 e. The van der Waals surface area contributed by atoms with Crippen molar-refractivity contribution in [2.75, 3.05) is 11.9 Å². The van der Waals surface area contributed by atoms with Crippen LogP contribution in [0.15, 0.2) is 82.1 Å². The van der Waals surface area contributed by atoms with Crippen molar-refractivity contribution in [2.45, 2.75) is 36.6 Å². The minimum atomic E-state index is -4.14. The second-order valence-electron chi connectivity index (χ2n) is 9.21. The summed E-state index contributed by atoms with van der Waals surface area (Å²) in [5.41, 5.74) is 1.81. The number of nitrogens with zero attached hydrogens (tertiary/aromatic N) is 2. The maximum atomic E-state index is 13.9. The van der Waals surface area contributed by atoms with E-state index in [-0.39, 0.29) is 16.7 Å². The molecule has 9 nitrogen and oxygen atoms in total. The molecule has 5 rings (SSSR count). The van der Waals surface area contributed by atoms with E-state index in [9.17, 15) is 18.0 Å². The summed E-state index contributed by atoms with van der Waals surface area (Å²) in [6.07, 6.45) is 0.321. The lowest BCUT2D eigenvalue weighted by Gasteiger charge is -2.26. The molecule has 0 bridgehead atoms. The fourth-order valence-electron chi connectivity index (χ4n) is 4.70. The van der Waals surface area contributed by atoms with Crippen LogP contribution in [0.5, 0.6) is 0 Å². The molecule has 2 atom stereocenters. The van der Waals surface area contributed by atoms with E-state index in [1.807, 2.05) is 30.3 Å². The van der Waals surface area contributed by atoms with Gasteiger partial charge in [-0.3, -0.25) is 4.79 Å². The highest BCUT2D eigenvalue weighted by molar-refractivity contribution is 7.90. The van der Waals surface area contributed by atoms with Gasteiger partial charge in [0.1, 0.15) is 11.1 Å². The summed E-state index contributed by atoms with van der Waals surface area (Å²) in [4.78, 5) is 32.6. The first-order valence-corrected chi connectivity index (χ1v) is 13.2. The van der Waals surface area contributed by atoms with Gasteiger partial charge in [0.05, 0.1) is 4.90 Å². The van der Waals surface area contributed by atoms with Gasteiger partial charge in [0, 0.05) is 31.6 Å². The van der Waals surface area contributed by atoms with Crippen molar-refractivity contribution < 1.29 is 22.4 Å². The van der Waals surface area contributed by atoms with Crippen LogP contribution in [0, 0.1) is 13.8 Å². The van der Waals surface area contributed by atoms with E-state index in [4.69, 9.17) is 4.42 Å². The van der Waals surface area contributed by atoms with Gasteiger partial charge in [0.25, 0.3) is 15.9 Å². The number of fused-ring (bicyclic) bond motifs is 1. The maximum Gasteiger partial charge on any atom is 0.329 e. The molecule has 10 heteroatoms. The first-order chi connectivity index (χ1) is 17.6. The quantitative estimate of drug-likeness (QED) is 0.398. The summed E-state index contributed by atoms with van der Waals surface area (Å²) in [5, 5.41) is 2.70. The molecule has 1 aromatic heterocycles.